The van der Waals surface area contributed by atoms with Crippen LogP contribution >= 0.6 is 0 Å². The van der Waals surface area contributed by atoms with E-state index in [9.17, 15) is 19.8 Å². The van der Waals surface area contributed by atoms with Crippen LogP contribution in [-0.4, -0.2) is 22.2 Å². The number of rotatable bonds is 6. The first-order chi connectivity index (χ1) is 10.8. The molecule has 1 heterocycles. The zero-order valence-electron chi connectivity index (χ0n) is 13.4. The first-order valence-electron chi connectivity index (χ1n) is 7.56. The zero-order chi connectivity index (χ0) is 17.1. The molecule has 0 saturated carbocycles. The highest BCUT2D eigenvalue weighted by molar-refractivity contribution is 5.85. The third-order valence-electron chi connectivity index (χ3n) is 4.18. The molecule has 2 atom stereocenters. The molecule has 0 amide bonds. The number of benzene rings is 1. The molecule has 6 heteroatoms. The summed E-state index contributed by atoms with van der Waals surface area (Å²) < 4.78 is 5.23. The molecular weight excluding hydrogens is 298 g/mol. The van der Waals surface area contributed by atoms with Gasteiger partial charge in [-0.25, -0.2) is 4.79 Å². The number of aryl methyl sites for hydroxylation is 1. The van der Waals surface area contributed by atoms with Gasteiger partial charge in [0, 0.05) is 18.0 Å². The van der Waals surface area contributed by atoms with E-state index in [2.05, 4.69) is 5.32 Å². The van der Waals surface area contributed by atoms with Crippen LogP contribution in [0, 0.1) is 12.8 Å². The van der Waals surface area contributed by atoms with E-state index in [1.54, 1.807) is 13.0 Å². The maximum absolute atomic E-state index is 11.6. The fraction of sp³-hybridized carbons (Fsp3) is 0.412. The molecule has 0 aliphatic heterocycles. The molecule has 0 aliphatic rings. The van der Waals surface area contributed by atoms with E-state index in [1.165, 1.54) is 12.1 Å². The first-order valence-corrected chi connectivity index (χ1v) is 7.56. The molecule has 0 radical (unpaired) electrons. The number of nitrogens with one attached hydrogen (secondary N) is 1. The van der Waals surface area contributed by atoms with E-state index >= 15 is 0 Å². The van der Waals surface area contributed by atoms with Gasteiger partial charge in [-0.05, 0) is 30.5 Å². The van der Waals surface area contributed by atoms with Crippen molar-refractivity contribution in [1.29, 1.82) is 0 Å². The number of fused-ring (bicyclic) bond motifs is 1. The van der Waals surface area contributed by atoms with Gasteiger partial charge in [-0.15, -0.1) is 0 Å². The van der Waals surface area contributed by atoms with Crippen molar-refractivity contribution < 1.29 is 19.4 Å². The second-order valence-electron chi connectivity index (χ2n) is 5.77. The van der Waals surface area contributed by atoms with Crippen LogP contribution in [0.4, 0.5) is 0 Å². The Morgan fingerprint density at radius 2 is 2.09 bits per heavy atom. The lowest BCUT2D eigenvalue weighted by molar-refractivity contribution is -0.140. The van der Waals surface area contributed by atoms with Crippen molar-refractivity contribution in [3.8, 4) is 5.75 Å². The van der Waals surface area contributed by atoms with Crippen LogP contribution < -0.4 is 10.9 Å². The summed E-state index contributed by atoms with van der Waals surface area (Å²) in [6.07, 6.45) is 0.708. The summed E-state index contributed by atoms with van der Waals surface area (Å²) in [5, 5.41) is 23.1. The summed E-state index contributed by atoms with van der Waals surface area (Å²) in [7, 11) is 0. The molecule has 0 bridgehead atoms. The maximum atomic E-state index is 11.6. The van der Waals surface area contributed by atoms with Crippen molar-refractivity contribution in [3.05, 3.63) is 39.7 Å². The summed E-state index contributed by atoms with van der Waals surface area (Å²) in [6, 6.07) is 3.84. The Hall–Kier alpha value is -2.34. The van der Waals surface area contributed by atoms with Gasteiger partial charge in [-0.1, -0.05) is 20.3 Å². The Bertz CT molecular complexity index is 780. The summed E-state index contributed by atoms with van der Waals surface area (Å²) in [6.45, 7) is 5.64. The minimum absolute atomic E-state index is 0.0351. The standard InChI is InChI=1S/C17H21NO5/c1-4-9(2)15(17(21)22)18-8-12-13(19)6-5-11-10(3)7-14(20)23-16(11)12/h5-7,9,15,18-19H,4,8H2,1-3H3,(H,21,22)/t9?,15-/m1/s1. The third-order valence-corrected chi connectivity index (χ3v) is 4.18. The number of phenols is 1. The van der Waals surface area contributed by atoms with Gasteiger partial charge in [0.1, 0.15) is 17.4 Å². The number of carbonyl (C=O) groups is 1. The van der Waals surface area contributed by atoms with Crippen LogP contribution in [0.15, 0.2) is 27.4 Å². The SMILES string of the molecule is CCC(C)[C@@H](NCc1c(O)ccc2c(C)cc(=O)oc12)C(=O)O. The molecule has 124 valence electrons. The molecule has 0 fully saturated rings. The average molecular weight is 319 g/mol. The number of hydrogen-bond donors (Lipinski definition) is 3. The molecule has 2 rings (SSSR count). The van der Waals surface area contributed by atoms with E-state index < -0.39 is 17.6 Å². The average Bonchev–Trinajstić information content (AvgIpc) is 2.48. The molecule has 2 aromatic rings. The van der Waals surface area contributed by atoms with Crippen LogP contribution in [-0.2, 0) is 11.3 Å². The molecule has 0 aliphatic carbocycles. The monoisotopic (exact) mass is 319 g/mol. The van der Waals surface area contributed by atoms with Crippen molar-refractivity contribution in [2.75, 3.05) is 0 Å². The van der Waals surface area contributed by atoms with Crippen molar-refractivity contribution in [3.63, 3.8) is 0 Å². The van der Waals surface area contributed by atoms with E-state index in [-0.39, 0.29) is 23.8 Å². The second-order valence-corrected chi connectivity index (χ2v) is 5.77. The highest BCUT2D eigenvalue weighted by atomic mass is 16.4. The maximum Gasteiger partial charge on any atom is 0.336 e. The highest BCUT2D eigenvalue weighted by Gasteiger charge is 2.24. The number of aromatic hydroxyl groups is 1. The van der Waals surface area contributed by atoms with Crippen molar-refractivity contribution in [1.82, 2.24) is 5.32 Å². The van der Waals surface area contributed by atoms with Crippen LogP contribution in [0.2, 0.25) is 0 Å². The fourth-order valence-electron chi connectivity index (χ4n) is 2.58. The van der Waals surface area contributed by atoms with Crippen LogP contribution in [0.3, 0.4) is 0 Å². The summed E-state index contributed by atoms with van der Waals surface area (Å²) >= 11 is 0. The smallest absolute Gasteiger partial charge is 0.336 e. The predicted octanol–water partition coefficient (Wildman–Crippen LogP) is 2.40. The van der Waals surface area contributed by atoms with Crippen molar-refractivity contribution in [2.45, 2.75) is 39.8 Å². The fourth-order valence-corrected chi connectivity index (χ4v) is 2.58. The molecule has 0 spiro atoms. The van der Waals surface area contributed by atoms with E-state index in [0.29, 0.717) is 12.0 Å². The largest absolute Gasteiger partial charge is 0.507 e. The lowest BCUT2D eigenvalue weighted by Gasteiger charge is -2.20. The van der Waals surface area contributed by atoms with Crippen LogP contribution in [0.5, 0.6) is 5.75 Å². The zero-order valence-corrected chi connectivity index (χ0v) is 13.4. The summed E-state index contributed by atoms with van der Waals surface area (Å²) in [5.74, 6) is -1.05. The van der Waals surface area contributed by atoms with Gasteiger partial charge in [-0.3, -0.25) is 10.1 Å². The van der Waals surface area contributed by atoms with Gasteiger partial charge in [0.15, 0.2) is 0 Å². The number of hydrogen-bond acceptors (Lipinski definition) is 5. The number of aliphatic carboxylic acids is 1. The molecule has 1 unspecified atom stereocenters. The lowest BCUT2D eigenvalue weighted by Crippen LogP contribution is -2.41. The minimum Gasteiger partial charge on any atom is -0.507 e. The lowest BCUT2D eigenvalue weighted by atomic mass is 9.98. The number of phenolic OH excluding ortho intramolecular Hbond substituents is 1. The molecule has 1 aromatic heterocycles. The minimum atomic E-state index is -0.947. The molecule has 3 N–H and O–H groups in total. The van der Waals surface area contributed by atoms with Crippen LogP contribution in [0.25, 0.3) is 11.0 Å². The van der Waals surface area contributed by atoms with E-state index in [0.717, 1.165) is 10.9 Å². The van der Waals surface area contributed by atoms with Crippen molar-refractivity contribution >= 4 is 16.9 Å². The van der Waals surface area contributed by atoms with Gasteiger partial charge >= 0.3 is 11.6 Å². The molecule has 6 nitrogen and oxygen atoms in total. The first kappa shape index (κ1) is 17.0. The molecule has 23 heavy (non-hydrogen) atoms. The summed E-state index contributed by atoms with van der Waals surface area (Å²) in [4.78, 5) is 23.0. The van der Waals surface area contributed by atoms with Crippen molar-refractivity contribution in [2.24, 2.45) is 5.92 Å². The van der Waals surface area contributed by atoms with Gasteiger partial charge in [-0.2, -0.15) is 0 Å². The molecule has 0 saturated heterocycles. The van der Waals surface area contributed by atoms with Gasteiger partial charge in [0.05, 0.1) is 5.56 Å². The second kappa shape index (κ2) is 6.83. The topological polar surface area (TPSA) is 99.8 Å². The quantitative estimate of drug-likeness (QED) is 0.707. The van der Waals surface area contributed by atoms with E-state index in [4.69, 9.17) is 4.42 Å². The Morgan fingerprint density at radius 1 is 1.39 bits per heavy atom. The Morgan fingerprint density at radius 3 is 2.70 bits per heavy atom. The van der Waals surface area contributed by atoms with E-state index in [1.807, 2.05) is 13.8 Å². The Labute approximate surface area is 133 Å². The number of carboxylic acid groups (broad SMARTS) is 1. The number of carboxylic acids is 1. The van der Waals surface area contributed by atoms with Gasteiger partial charge in [0.2, 0.25) is 0 Å². The normalized spacial score (nSPS) is 13.9. The van der Waals surface area contributed by atoms with Gasteiger partial charge in [0.25, 0.3) is 0 Å². The molecular formula is C17H21NO5. The third kappa shape index (κ3) is 3.53. The van der Waals surface area contributed by atoms with Crippen LogP contribution in [0.1, 0.15) is 31.4 Å². The Balaban J connectivity index is 2.41. The predicted molar refractivity (Wildman–Crippen MR) is 86.6 cm³/mol. The highest BCUT2D eigenvalue weighted by Crippen LogP contribution is 2.28. The van der Waals surface area contributed by atoms with Gasteiger partial charge < -0.3 is 14.6 Å². The summed E-state index contributed by atoms with van der Waals surface area (Å²) in [5.41, 5.74) is 0.918. The Kier molecular flexibility index (Phi) is 5.05. The molecule has 1 aromatic carbocycles.